The lowest BCUT2D eigenvalue weighted by Crippen LogP contribution is -2.47. The molecule has 6 N–H and O–H groups in total. The van der Waals surface area contributed by atoms with E-state index in [2.05, 4.69) is 5.73 Å². The highest BCUT2D eigenvalue weighted by atomic mass is 16.4. The zero-order chi connectivity index (χ0) is 14.3. The molecule has 1 heterocycles. The fourth-order valence-corrected chi connectivity index (χ4v) is 1.55. The number of carbonyl (C=O) groups excluding carboxylic acids is 1. The van der Waals surface area contributed by atoms with Crippen LogP contribution in [0.5, 0.6) is 0 Å². The predicted molar refractivity (Wildman–Crippen MR) is 62.7 cm³/mol. The average Bonchev–Trinajstić information content (AvgIpc) is 2.77. The Morgan fingerprint density at radius 3 is 2.22 bits per heavy atom. The third kappa shape index (κ3) is 5.11. The third-order valence-corrected chi connectivity index (χ3v) is 2.39. The van der Waals surface area contributed by atoms with Crippen molar-refractivity contribution in [2.24, 2.45) is 11.5 Å². The number of likely N-dealkylation sites (tertiary alicyclic amines) is 1. The molecule has 2 atom stereocenters. The molecule has 0 bridgehead atoms. The molecule has 0 aliphatic carbocycles. The Hall–Kier alpha value is -1.67. The van der Waals surface area contributed by atoms with Crippen LogP contribution >= 0.6 is 0 Å². The van der Waals surface area contributed by atoms with Crippen LogP contribution < -0.4 is 11.5 Å². The molecular formula is C10H19N3O5. The van der Waals surface area contributed by atoms with Crippen molar-refractivity contribution in [1.29, 1.82) is 0 Å². The zero-order valence-electron chi connectivity index (χ0n) is 10.2. The van der Waals surface area contributed by atoms with Gasteiger partial charge in [-0.3, -0.25) is 9.59 Å². The molecule has 8 nitrogen and oxygen atoms in total. The zero-order valence-corrected chi connectivity index (χ0v) is 10.2. The molecule has 0 saturated carbocycles. The Morgan fingerprint density at radius 1 is 1.39 bits per heavy atom. The van der Waals surface area contributed by atoms with E-state index >= 15 is 0 Å². The van der Waals surface area contributed by atoms with E-state index < -0.39 is 24.0 Å². The lowest BCUT2D eigenvalue weighted by molar-refractivity contribution is -0.148. The number of nitrogens with zero attached hydrogens (tertiary/aromatic N) is 1. The van der Waals surface area contributed by atoms with Crippen LogP contribution in [-0.4, -0.2) is 58.1 Å². The van der Waals surface area contributed by atoms with E-state index in [1.807, 2.05) is 0 Å². The number of carbonyl (C=O) groups is 3. The van der Waals surface area contributed by atoms with E-state index in [0.29, 0.717) is 13.0 Å². The standard InChI is InChI=1S/C8H14N2O3.C2H5NO2/c1-5(9)7(11)10-4-2-3-6(10)8(12)13;3-1-2(4)5/h5-6H,2-4,9H2,1H3,(H,12,13);1,3H2,(H,4,5)/t5-,6-;/m0./s1. The van der Waals surface area contributed by atoms with Crippen LogP contribution in [0.25, 0.3) is 0 Å². The third-order valence-electron chi connectivity index (χ3n) is 2.39. The first kappa shape index (κ1) is 16.3. The summed E-state index contributed by atoms with van der Waals surface area (Å²) in [6.45, 7) is 1.80. The molecule has 0 aromatic heterocycles. The largest absolute Gasteiger partial charge is 0.480 e. The van der Waals surface area contributed by atoms with Gasteiger partial charge >= 0.3 is 11.9 Å². The van der Waals surface area contributed by atoms with E-state index in [-0.39, 0.29) is 12.5 Å². The Labute approximate surface area is 105 Å². The summed E-state index contributed by atoms with van der Waals surface area (Å²) >= 11 is 0. The van der Waals surface area contributed by atoms with Crippen molar-refractivity contribution in [3.05, 3.63) is 0 Å². The Morgan fingerprint density at radius 2 is 1.89 bits per heavy atom. The highest BCUT2D eigenvalue weighted by molar-refractivity contribution is 5.87. The van der Waals surface area contributed by atoms with Gasteiger partial charge in [-0.15, -0.1) is 0 Å². The van der Waals surface area contributed by atoms with Gasteiger partial charge in [0.2, 0.25) is 5.91 Å². The van der Waals surface area contributed by atoms with Gasteiger partial charge in [-0.1, -0.05) is 0 Å². The van der Waals surface area contributed by atoms with Gasteiger partial charge in [0.15, 0.2) is 0 Å². The fraction of sp³-hybridized carbons (Fsp3) is 0.700. The summed E-state index contributed by atoms with van der Waals surface area (Å²) in [6, 6.07) is -1.28. The molecule has 1 saturated heterocycles. The highest BCUT2D eigenvalue weighted by Crippen LogP contribution is 2.17. The maximum Gasteiger partial charge on any atom is 0.326 e. The second-order valence-corrected chi connectivity index (χ2v) is 3.91. The average molecular weight is 261 g/mol. The molecule has 18 heavy (non-hydrogen) atoms. The molecule has 0 unspecified atom stereocenters. The van der Waals surface area contributed by atoms with Gasteiger partial charge in [0.05, 0.1) is 12.6 Å². The molecule has 0 radical (unpaired) electrons. The van der Waals surface area contributed by atoms with Gasteiger partial charge in [-0.2, -0.15) is 0 Å². The maximum atomic E-state index is 11.4. The molecule has 1 amide bonds. The number of hydrogen-bond acceptors (Lipinski definition) is 5. The van der Waals surface area contributed by atoms with Crippen LogP contribution in [0, 0.1) is 0 Å². The number of nitrogens with two attached hydrogens (primary N) is 2. The van der Waals surface area contributed by atoms with Crippen LogP contribution in [-0.2, 0) is 14.4 Å². The fourth-order valence-electron chi connectivity index (χ4n) is 1.55. The minimum absolute atomic E-state index is 0.273. The van der Waals surface area contributed by atoms with Crippen molar-refractivity contribution in [2.75, 3.05) is 13.1 Å². The van der Waals surface area contributed by atoms with Crippen LogP contribution in [0.3, 0.4) is 0 Å². The summed E-state index contributed by atoms with van der Waals surface area (Å²) in [4.78, 5) is 32.7. The first-order valence-corrected chi connectivity index (χ1v) is 5.52. The molecule has 0 spiro atoms. The normalized spacial score (nSPS) is 19.7. The molecular weight excluding hydrogens is 242 g/mol. The van der Waals surface area contributed by atoms with Crippen molar-refractivity contribution < 1.29 is 24.6 Å². The minimum Gasteiger partial charge on any atom is -0.480 e. The first-order chi connectivity index (χ1) is 8.31. The summed E-state index contributed by atoms with van der Waals surface area (Å²) in [5.74, 6) is -2.18. The van der Waals surface area contributed by atoms with Crippen molar-refractivity contribution in [3.8, 4) is 0 Å². The van der Waals surface area contributed by atoms with Gasteiger partial charge < -0.3 is 26.6 Å². The van der Waals surface area contributed by atoms with Crippen LogP contribution in [0.15, 0.2) is 0 Å². The number of aliphatic carboxylic acids is 2. The van der Waals surface area contributed by atoms with Crippen LogP contribution in [0.1, 0.15) is 19.8 Å². The van der Waals surface area contributed by atoms with Gasteiger partial charge in [0, 0.05) is 6.54 Å². The summed E-state index contributed by atoms with van der Waals surface area (Å²) in [5.41, 5.74) is 9.97. The number of rotatable bonds is 3. The monoisotopic (exact) mass is 261 g/mol. The molecule has 8 heteroatoms. The molecule has 1 rings (SSSR count). The summed E-state index contributed by atoms with van der Waals surface area (Å²) in [6.07, 6.45) is 1.28. The SMILES string of the molecule is C[C@H](N)C(=O)N1CCC[C@H]1C(=O)O.NCC(=O)O. The Bertz CT molecular complexity index is 319. The van der Waals surface area contributed by atoms with E-state index in [9.17, 15) is 14.4 Å². The number of amides is 1. The summed E-state index contributed by atoms with van der Waals surface area (Å²) < 4.78 is 0. The van der Waals surface area contributed by atoms with Crippen LogP contribution in [0.4, 0.5) is 0 Å². The number of carboxylic acids is 2. The molecule has 104 valence electrons. The molecule has 1 fully saturated rings. The highest BCUT2D eigenvalue weighted by Gasteiger charge is 2.34. The predicted octanol–water partition coefficient (Wildman–Crippen LogP) is -1.56. The summed E-state index contributed by atoms with van der Waals surface area (Å²) in [5, 5.41) is 16.4. The van der Waals surface area contributed by atoms with Crippen molar-refractivity contribution >= 4 is 17.8 Å². The van der Waals surface area contributed by atoms with Gasteiger partial charge in [-0.05, 0) is 19.8 Å². The number of hydrogen-bond donors (Lipinski definition) is 4. The Kier molecular flexibility index (Phi) is 6.91. The van der Waals surface area contributed by atoms with E-state index in [1.54, 1.807) is 6.92 Å². The smallest absolute Gasteiger partial charge is 0.326 e. The van der Waals surface area contributed by atoms with Crippen molar-refractivity contribution in [1.82, 2.24) is 4.90 Å². The number of carboxylic acid groups (broad SMARTS) is 2. The lowest BCUT2D eigenvalue weighted by atomic mass is 10.2. The van der Waals surface area contributed by atoms with E-state index in [1.165, 1.54) is 4.90 Å². The molecule has 0 aromatic carbocycles. The second-order valence-electron chi connectivity index (χ2n) is 3.91. The van der Waals surface area contributed by atoms with E-state index in [0.717, 1.165) is 6.42 Å². The van der Waals surface area contributed by atoms with Crippen LogP contribution in [0.2, 0.25) is 0 Å². The lowest BCUT2D eigenvalue weighted by Gasteiger charge is -2.22. The maximum absolute atomic E-state index is 11.4. The summed E-state index contributed by atoms with van der Waals surface area (Å²) in [7, 11) is 0. The van der Waals surface area contributed by atoms with Gasteiger partial charge in [0.25, 0.3) is 0 Å². The topological polar surface area (TPSA) is 147 Å². The second kappa shape index (κ2) is 7.62. The van der Waals surface area contributed by atoms with Crippen molar-refractivity contribution in [3.63, 3.8) is 0 Å². The first-order valence-electron chi connectivity index (χ1n) is 5.52. The van der Waals surface area contributed by atoms with E-state index in [4.69, 9.17) is 15.9 Å². The Balaban J connectivity index is 0.000000494. The molecule has 0 aromatic rings. The van der Waals surface area contributed by atoms with Crippen molar-refractivity contribution in [2.45, 2.75) is 31.8 Å². The molecule has 1 aliphatic rings. The minimum atomic E-state index is -0.968. The van der Waals surface area contributed by atoms with Gasteiger partial charge in [-0.25, -0.2) is 4.79 Å². The van der Waals surface area contributed by atoms with Gasteiger partial charge in [0.1, 0.15) is 6.04 Å². The molecule has 1 aliphatic heterocycles. The quantitative estimate of drug-likeness (QED) is 0.480.